The first-order valence-corrected chi connectivity index (χ1v) is 7.04. The predicted octanol–water partition coefficient (Wildman–Crippen LogP) is 3.76. The van der Waals surface area contributed by atoms with Crippen LogP contribution in [0.3, 0.4) is 0 Å². The summed E-state index contributed by atoms with van der Waals surface area (Å²) in [6.45, 7) is 1.93. The Hall–Kier alpha value is -0.770. The fourth-order valence-electron chi connectivity index (χ4n) is 2.94. The zero-order valence-corrected chi connectivity index (χ0v) is 11.3. The minimum absolute atomic E-state index is 0.190. The van der Waals surface area contributed by atoms with Gasteiger partial charge in [-0.2, -0.15) is 0 Å². The molecular formula is C13H16BrFN2. The van der Waals surface area contributed by atoms with Gasteiger partial charge < -0.3 is 10.2 Å². The van der Waals surface area contributed by atoms with Crippen molar-refractivity contribution in [3.8, 4) is 0 Å². The molecule has 1 saturated carbocycles. The van der Waals surface area contributed by atoms with Gasteiger partial charge in [0.1, 0.15) is 5.82 Å². The largest absolute Gasteiger partial charge is 0.382 e. The summed E-state index contributed by atoms with van der Waals surface area (Å²) in [5, 5.41) is 3.28. The molecule has 0 saturated heterocycles. The molecule has 3 rings (SSSR count). The topological polar surface area (TPSA) is 15.3 Å². The first-order chi connectivity index (χ1) is 8.25. The van der Waals surface area contributed by atoms with Gasteiger partial charge in [0.2, 0.25) is 0 Å². The quantitative estimate of drug-likeness (QED) is 0.849. The molecule has 0 amide bonds. The van der Waals surface area contributed by atoms with Crippen LogP contribution in [0.4, 0.5) is 15.8 Å². The third-order valence-electron chi connectivity index (χ3n) is 3.78. The maximum absolute atomic E-state index is 13.5. The number of hydrogen-bond donors (Lipinski definition) is 1. The Kier molecular flexibility index (Phi) is 2.99. The molecule has 0 bridgehead atoms. The SMILES string of the molecule is Fc1cc2c(cc1Br)N(C1CCCC1)CCN2. The molecule has 0 unspecified atom stereocenters. The van der Waals surface area contributed by atoms with E-state index in [9.17, 15) is 4.39 Å². The van der Waals surface area contributed by atoms with Gasteiger partial charge >= 0.3 is 0 Å². The van der Waals surface area contributed by atoms with E-state index in [2.05, 4.69) is 26.1 Å². The van der Waals surface area contributed by atoms with E-state index in [4.69, 9.17) is 0 Å². The van der Waals surface area contributed by atoms with Gasteiger partial charge in [0.25, 0.3) is 0 Å². The Morgan fingerprint density at radius 2 is 2.06 bits per heavy atom. The number of nitrogens with zero attached hydrogens (tertiary/aromatic N) is 1. The number of rotatable bonds is 1. The second-order valence-corrected chi connectivity index (χ2v) is 5.70. The molecular weight excluding hydrogens is 283 g/mol. The average molecular weight is 299 g/mol. The molecule has 0 spiro atoms. The van der Waals surface area contributed by atoms with Crippen molar-refractivity contribution in [2.75, 3.05) is 23.3 Å². The highest BCUT2D eigenvalue weighted by Gasteiger charge is 2.27. The van der Waals surface area contributed by atoms with E-state index in [0.29, 0.717) is 10.5 Å². The van der Waals surface area contributed by atoms with E-state index in [1.807, 2.05) is 6.07 Å². The van der Waals surface area contributed by atoms with Crippen molar-refractivity contribution in [3.05, 3.63) is 22.4 Å². The smallest absolute Gasteiger partial charge is 0.139 e. The standard InChI is InChI=1S/C13H16BrFN2/c14-10-7-13-12(8-11(10)15)16-5-6-17(13)9-3-1-2-4-9/h7-9,16H,1-6H2. The first-order valence-electron chi connectivity index (χ1n) is 6.25. The van der Waals surface area contributed by atoms with Gasteiger partial charge in [-0.3, -0.25) is 0 Å². The van der Waals surface area contributed by atoms with Crippen LogP contribution in [-0.2, 0) is 0 Å². The summed E-state index contributed by atoms with van der Waals surface area (Å²) in [4.78, 5) is 2.45. The normalized spacial score (nSPS) is 20.2. The molecule has 1 fully saturated rings. The summed E-state index contributed by atoms with van der Waals surface area (Å²) < 4.78 is 14.1. The van der Waals surface area contributed by atoms with E-state index in [1.165, 1.54) is 25.7 Å². The minimum atomic E-state index is -0.190. The number of fused-ring (bicyclic) bond motifs is 1. The van der Waals surface area contributed by atoms with E-state index in [0.717, 1.165) is 24.5 Å². The zero-order valence-electron chi connectivity index (χ0n) is 9.68. The molecule has 1 aromatic carbocycles. The lowest BCUT2D eigenvalue weighted by Crippen LogP contribution is -2.40. The van der Waals surface area contributed by atoms with Crippen molar-refractivity contribution in [3.63, 3.8) is 0 Å². The summed E-state index contributed by atoms with van der Waals surface area (Å²) in [5.41, 5.74) is 2.08. The van der Waals surface area contributed by atoms with Gasteiger partial charge in [0, 0.05) is 25.2 Å². The molecule has 0 aromatic heterocycles. The molecule has 0 atom stereocenters. The van der Waals surface area contributed by atoms with E-state index in [1.54, 1.807) is 6.07 Å². The fraction of sp³-hybridized carbons (Fsp3) is 0.538. The Morgan fingerprint density at radius 3 is 2.82 bits per heavy atom. The van der Waals surface area contributed by atoms with Gasteiger partial charge in [-0.15, -0.1) is 0 Å². The maximum Gasteiger partial charge on any atom is 0.139 e. The Labute approximate surface area is 109 Å². The minimum Gasteiger partial charge on any atom is -0.382 e. The van der Waals surface area contributed by atoms with Crippen LogP contribution in [0, 0.1) is 5.82 Å². The van der Waals surface area contributed by atoms with Crippen LogP contribution in [0.2, 0.25) is 0 Å². The number of hydrogen-bond acceptors (Lipinski definition) is 2. The summed E-state index contributed by atoms with van der Waals surface area (Å²) in [7, 11) is 0. The molecule has 17 heavy (non-hydrogen) atoms. The molecule has 0 radical (unpaired) electrons. The van der Waals surface area contributed by atoms with Crippen molar-refractivity contribution >= 4 is 27.3 Å². The van der Waals surface area contributed by atoms with Crippen LogP contribution in [0.25, 0.3) is 0 Å². The summed E-state index contributed by atoms with van der Waals surface area (Å²) in [6, 6.07) is 4.16. The monoisotopic (exact) mass is 298 g/mol. The molecule has 1 heterocycles. The molecule has 1 aromatic rings. The molecule has 1 aliphatic heterocycles. The van der Waals surface area contributed by atoms with Crippen molar-refractivity contribution in [2.45, 2.75) is 31.7 Å². The van der Waals surface area contributed by atoms with Crippen LogP contribution in [0.15, 0.2) is 16.6 Å². The molecule has 2 aliphatic rings. The number of nitrogens with one attached hydrogen (secondary N) is 1. The van der Waals surface area contributed by atoms with Gasteiger partial charge in [-0.1, -0.05) is 12.8 Å². The maximum atomic E-state index is 13.5. The van der Waals surface area contributed by atoms with Crippen LogP contribution in [0.1, 0.15) is 25.7 Å². The molecule has 4 heteroatoms. The highest BCUT2D eigenvalue weighted by Crippen LogP contribution is 2.37. The predicted molar refractivity (Wildman–Crippen MR) is 72.2 cm³/mol. The molecule has 1 N–H and O–H groups in total. The fourth-order valence-corrected chi connectivity index (χ4v) is 3.27. The highest BCUT2D eigenvalue weighted by atomic mass is 79.9. The van der Waals surface area contributed by atoms with Crippen LogP contribution < -0.4 is 10.2 Å². The van der Waals surface area contributed by atoms with Gasteiger partial charge in [0.15, 0.2) is 0 Å². The van der Waals surface area contributed by atoms with Crippen molar-refractivity contribution < 1.29 is 4.39 Å². The summed E-state index contributed by atoms with van der Waals surface area (Å²) in [6.07, 6.45) is 5.20. The summed E-state index contributed by atoms with van der Waals surface area (Å²) in [5.74, 6) is -0.190. The Balaban J connectivity index is 1.97. The lowest BCUT2D eigenvalue weighted by molar-refractivity contribution is 0.598. The average Bonchev–Trinajstić information content (AvgIpc) is 2.83. The Morgan fingerprint density at radius 1 is 1.29 bits per heavy atom. The van der Waals surface area contributed by atoms with Crippen LogP contribution in [-0.4, -0.2) is 19.1 Å². The van der Waals surface area contributed by atoms with E-state index >= 15 is 0 Å². The first kappa shape index (κ1) is 11.3. The third-order valence-corrected chi connectivity index (χ3v) is 4.39. The second-order valence-electron chi connectivity index (χ2n) is 4.84. The van der Waals surface area contributed by atoms with Crippen molar-refractivity contribution in [2.24, 2.45) is 0 Å². The number of halogens is 2. The summed E-state index contributed by atoms with van der Waals surface area (Å²) >= 11 is 3.28. The van der Waals surface area contributed by atoms with Gasteiger partial charge in [0.05, 0.1) is 15.8 Å². The molecule has 1 aliphatic carbocycles. The Bertz CT molecular complexity index is 430. The lowest BCUT2D eigenvalue weighted by Gasteiger charge is -2.37. The van der Waals surface area contributed by atoms with Gasteiger partial charge in [-0.25, -0.2) is 4.39 Å². The van der Waals surface area contributed by atoms with Crippen LogP contribution >= 0.6 is 15.9 Å². The van der Waals surface area contributed by atoms with Crippen LogP contribution in [0.5, 0.6) is 0 Å². The third kappa shape index (κ3) is 2.03. The zero-order chi connectivity index (χ0) is 11.8. The van der Waals surface area contributed by atoms with Crippen molar-refractivity contribution in [1.29, 1.82) is 0 Å². The number of benzene rings is 1. The van der Waals surface area contributed by atoms with E-state index < -0.39 is 0 Å². The van der Waals surface area contributed by atoms with Gasteiger partial charge in [-0.05, 0) is 34.8 Å². The van der Waals surface area contributed by atoms with E-state index in [-0.39, 0.29) is 5.82 Å². The van der Waals surface area contributed by atoms with Crippen molar-refractivity contribution in [1.82, 2.24) is 0 Å². The molecule has 2 nitrogen and oxygen atoms in total. The molecule has 92 valence electrons. The second kappa shape index (κ2) is 4.48. The highest BCUT2D eigenvalue weighted by molar-refractivity contribution is 9.10. The number of anilines is 2. The lowest BCUT2D eigenvalue weighted by atomic mass is 10.1.